The summed E-state index contributed by atoms with van der Waals surface area (Å²) in [7, 11) is 4.79. The van der Waals surface area contributed by atoms with Gasteiger partial charge in [-0.15, -0.1) is 0 Å². The van der Waals surface area contributed by atoms with Crippen LogP contribution in [-0.4, -0.2) is 47.9 Å². The Hall–Kier alpha value is -3.35. The number of ether oxygens (including phenoxy) is 2. The fraction of sp³-hybridized carbons (Fsp3) is 0.250. The number of amides is 1. The molecule has 1 aromatic heterocycles. The first-order valence-electron chi connectivity index (χ1n) is 8.50. The highest BCUT2D eigenvalue weighted by atomic mass is 16.5. The lowest BCUT2D eigenvalue weighted by Crippen LogP contribution is -2.33. The standard InChI is InChI=1S/C20H21N3O4/c1-22(12-13-27-17-11-7-6-10-16(17)26-3)20(25)18-14-8-4-5-9-15(14)19(24)23(2)21-18/h4-11H,12-13H2,1-3H3. The van der Waals surface area contributed by atoms with E-state index in [1.54, 1.807) is 38.4 Å². The molecule has 0 bridgehead atoms. The van der Waals surface area contributed by atoms with Crippen molar-refractivity contribution in [2.45, 2.75) is 0 Å². The summed E-state index contributed by atoms with van der Waals surface area (Å²) in [4.78, 5) is 26.6. The van der Waals surface area contributed by atoms with Crippen LogP contribution in [0.3, 0.4) is 0 Å². The summed E-state index contributed by atoms with van der Waals surface area (Å²) in [6.45, 7) is 0.655. The summed E-state index contributed by atoms with van der Waals surface area (Å²) in [5.74, 6) is 0.981. The van der Waals surface area contributed by atoms with Crippen molar-refractivity contribution >= 4 is 16.7 Å². The van der Waals surface area contributed by atoms with E-state index in [0.717, 1.165) is 0 Å². The van der Waals surface area contributed by atoms with Crippen LogP contribution in [0.4, 0.5) is 0 Å². The quantitative estimate of drug-likeness (QED) is 0.667. The Morgan fingerprint density at radius 1 is 1.07 bits per heavy atom. The van der Waals surface area contributed by atoms with E-state index in [4.69, 9.17) is 9.47 Å². The zero-order valence-electron chi connectivity index (χ0n) is 15.5. The average molecular weight is 367 g/mol. The Morgan fingerprint density at radius 2 is 1.70 bits per heavy atom. The minimum atomic E-state index is -0.273. The van der Waals surface area contributed by atoms with Crippen LogP contribution < -0.4 is 15.0 Å². The number of methoxy groups -OCH3 is 1. The normalized spacial score (nSPS) is 10.6. The molecule has 2 aromatic carbocycles. The largest absolute Gasteiger partial charge is 0.493 e. The van der Waals surface area contributed by atoms with Gasteiger partial charge in [0.2, 0.25) is 0 Å². The van der Waals surface area contributed by atoms with Gasteiger partial charge in [-0.05, 0) is 18.2 Å². The fourth-order valence-electron chi connectivity index (χ4n) is 2.77. The lowest BCUT2D eigenvalue weighted by atomic mass is 10.1. The Kier molecular flexibility index (Phi) is 5.40. The second-order valence-corrected chi connectivity index (χ2v) is 6.05. The highest BCUT2D eigenvalue weighted by Crippen LogP contribution is 2.25. The number of likely N-dealkylation sites (N-methyl/N-ethyl adjacent to an activating group) is 1. The van der Waals surface area contributed by atoms with Crippen molar-refractivity contribution in [3.05, 3.63) is 64.6 Å². The average Bonchev–Trinajstić information content (AvgIpc) is 2.70. The monoisotopic (exact) mass is 367 g/mol. The molecule has 0 N–H and O–H groups in total. The zero-order chi connectivity index (χ0) is 19.4. The van der Waals surface area contributed by atoms with Crippen molar-refractivity contribution in [3.8, 4) is 11.5 Å². The molecule has 7 nitrogen and oxygen atoms in total. The van der Waals surface area contributed by atoms with Crippen LogP contribution in [0, 0.1) is 0 Å². The number of nitrogens with zero attached hydrogens (tertiary/aromatic N) is 3. The van der Waals surface area contributed by atoms with Crippen LogP contribution in [0.15, 0.2) is 53.3 Å². The van der Waals surface area contributed by atoms with Crippen LogP contribution in [0.5, 0.6) is 11.5 Å². The van der Waals surface area contributed by atoms with Gasteiger partial charge in [-0.1, -0.05) is 30.3 Å². The maximum Gasteiger partial charge on any atom is 0.274 e. The smallest absolute Gasteiger partial charge is 0.274 e. The molecule has 0 atom stereocenters. The number of carbonyl (C=O) groups excluding carboxylic acids is 1. The first-order chi connectivity index (χ1) is 13.0. The highest BCUT2D eigenvalue weighted by Gasteiger charge is 2.19. The van der Waals surface area contributed by atoms with Crippen molar-refractivity contribution < 1.29 is 14.3 Å². The maximum atomic E-state index is 12.9. The topological polar surface area (TPSA) is 73.7 Å². The summed E-state index contributed by atoms with van der Waals surface area (Å²) in [6, 6.07) is 14.3. The van der Waals surface area contributed by atoms with Gasteiger partial charge in [0, 0.05) is 19.5 Å². The molecule has 0 aliphatic rings. The SMILES string of the molecule is COc1ccccc1OCCN(C)C(=O)c1nn(C)c(=O)c2ccccc12. The van der Waals surface area contributed by atoms with Crippen molar-refractivity contribution in [2.75, 3.05) is 27.3 Å². The first kappa shape index (κ1) is 18.4. The molecule has 0 aliphatic carbocycles. The second-order valence-electron chi connectivity index (χ2n) is 6.05. The van der Waals surface area contributed by atoms with Crippen molar-refractivity contribution in [3.63, 3.8) is 0 Å². The third-order valence-corrected chi connectivity index (χ3v) is 4.26. The first-order valence-corrected chi connectivity index (χ1v) is 8.50. The van der Waals surface area contributed by atoms with Gasteiger partial charge < -0.3 is 14.4 Å². The summed E-state index contributed by atoms with van der Waals surface area (Å²) >= 11 is 0. The molecule has 1 heterocycles. The predicted molar refractivity (Wildman–Crippen MR) is 102 cm³/mol. The summed E-state index contributed by atoms with van der Waals surface area (Å²) < 4.78 is 12.2. The molecular weight excluding hydrogens is 346 g/mol. The Morgan fingerprint density at radius 3 is 2.41 bits per heavy atom. The molecule has 1 amide bonds. The van der Waals surface area contributed by atoms with Gasteiger partial charge in [0.1, 0.15) is 6.61 Å². The third-order valence-electron chi connectivity index (χ3n) is 4.26. The molecule has 3 rings (SSSR count). The van der Waals surface area contributed by atoms with E-state index in [1.165, 1.54) is 16.6 Å². The molecule has 0 saturated carbocycles. The van der Waals surface area contributed by atoms with Crippen molar-refractivity contribution in [1.29, 1.82) is 0 Å². The van der Waals surface area contributed by atoms with Gasteiger partial charge in [-0.2, -0.15) is 5.10 Å². The van der Waals surface area contributed by atoms with Gasteiger partial charge in [-0.3, -0.25) is 9.59 Å². The highest BCUT2D eigenvalue weighted by molar-refractivity contribution is 6.04. The Bertz CT molecular complexity index is 1030. The van der Waals surface area contributed by atoms with Crippen LogP contribution >= 0.6 is 0 Å². The number of para-hydroxylation sites is 2. The maximum absolute atomic E-state index is 12.9. The van der Waals surface area contributed by atoms with Crippen LogP contribution in [0.25, 0.3) is 10.8 Å². The van der Waals surface area contributed by atoms with E-state index in [-0.39, 0.29) is 17.2 Å². The molecule has 0 unspecified atom stereocenters. The molecular formula is C20H21N3O4. The van der Waals surface area contributed by atoms with E-state index < -0.39 is 0 Å². The van der Waals surface area contributed by atoms with Crippen molar-refractivity contribution in [1.82, 2.24) is 14.7 Å². The predicted octanol–water partition coefficient (Wildman–Crippen LogP) is 2.09. The van der Waals surface area contributed by atoms with Crippen LogP contribution in [0.2, 0.25) is 0 Å². The molecule has 0 saturated heterocycles. The van der Waals surface area contributed by atoms with Gasteiger partial charge in [-0.25, -0.2) is 4.68 Å². The van der Waals surface area contributed by atoms with E-state index in [1.807, 2.05) is 24.3 Å². The molecule has 0 aliphatic heterocycles. The number of aryl methyl sites for hydroxylation is 1. The zero-order valence-corrected chi connectivity index (χ0v) is 15.5. The number of carbonyl (C=O) groups is 1. The molecule has 0 fully saturated rings. The number of aromatic nitrogens is 2. The van der Waals surface area contributed by atoms with Gasteiger partial charge in [0.25, 0.3) is 11.5 Å². The minimum Gasteiger partial charge on any atom is -0.493 e. The molecule has 3 aromatic rings. The van der Waals surface area contributed by atoms with Gasteiger partial charge in [0.05, 0.1) is 19.0 Å². The van der Waals surface area contributed by atoms with Crippen LogP contribution in [0.1, 0.15) is 10.5 Å². The van der Waals surface area contributed by atoms with E-state index in [2.05, 4.69) is 5.10 Å². The minimum absolute atomic E-state index is 0.232. The fourth-order valence-corrected chi connectivity index (χ4v) is 2.77. The molecule has 7 heteroatoms. The van der Waals surface area contributed by atoms with E-state index in [9.17, 15) is 9.59 Å². The summed E-state index contributed by atoms with van der Waals surface area (Å²) in [6.07, 6.45) is 0. The van der Waals surface area contributed by atoms with Crippen molar-refractivity contribution in [2.24, 2.45) is 7.05 Å². The van der Waals surface area contributed by atoms with Gasteiger partial charge in [0.15, 0.2) is 17.2 Å². The third kappa shape index (κ3) is 3.76. The van der Waals surface area contributed by atoms with E-state index >= 15 is 0 Å². The second kappa shape index (κ2) is 7.90. The summed E-state index contributed by atoms with van der Waals surface area (Å²) in [5.41, 5.74) is 0.0109. The number of hydrogen-bond donors (Lipinski definition) is 0. The number of fused-ring (bicyclic) bond motifs is 1. The molecule has 140 valence electrons. The van der Waals surface area contributed by atoms with Gasteiger partial charge >= 0.3 is 0 Å². The van der Waals surface area contributed by atoms with Crippen LogP contribution in [-0.2, 0) is 7.05 Å². The lowest BCUT2D eigenvalue weighted by Gasteiger charge is -2.18. The Balaban J connectivity index is 1.75. The molecule has 0 spiro atoms. The number of benzene rings is 2. The molecule has 27 heavy (non-hydrogen) atoms. The number of hydrogen-bond acceptors (Lipinski definition) is 5. The Labute approximate surface area is 156 Å². The number of rotatable bonds is 6. The van der Waals surface area contributed by atoms with E-state index in [0.29, 0.717) is 35.4 Å². The summed E-state index contributed by atoms with van der Waals surface area (Å²) in [5, 5.41) is 5.18. The molecule has 0 radical (unpaired) electrons. The lowest BCUT2D eigenvalue weighted by molar-refractivity contribution is 0.0767.